The highest BCUT2D eigenvalue weighted by atomic mass is 16.6. The van der Waals surface area contributed by atoms with Crippen molar-refractivity contribution in [2.45, 2.75) is 32.7 Å². The molecule has 192 valence electrons. The molecule has 2 aromatic rings. The molecular formula is C25H31N5O6. The van der Waals surface area contributed by atoms with Gasteiger partial charge in [-0.25, -0.2) is 0 Å². The number of nitrogens with zero attached hydrogens (tertiary/aromatic N) is 4. The summed E-state index contributed by atoms with van der Waals surface area (Å²) in [6.07, 6.45) is 2.96. The summed E-state index contributed by atoms with van der Waals surface area (Å²) < 4.78 is 5.07. The number of aromatic nitrogens is 1. The second-order valence-electron chi connectivity index (χ2n) is 8.70. The monoisotopic (exact) mass is 497 g/mol. The first-order chi connectivity index (χ1) is 17.2. The predicted molar refractivity (Wildman–Crippen MR) is 132 cm³/mol. The van der Waals surface area contributed by atoms with Gasteiger partial charge in [-0.15, -0.1) is 0 Å². The first kappa shape index (κ1) is 26.6. The van der Waals surface area contributed by atoms with Crippen molar-refractivity contribution in [2.75, 3.05) is 38.6 Å². The fraction of sp³-hybridized carbons (Fsp3) is 0.440. The Kier molecular flexibility index (Phi) is 8.93. The molecule has 0 bridgehead atoms. The van der Waals surface area contributed by atoms with Crippen LogP contribution in [0.5, 0.6) is 0 Å². The molecule has 1 aliphatic heterocycles. The van der Waals surface area contributed by atoms with E-state index in [0.29, 0.717) is 25.1 Å². The van der Waals surface area contributed by atoms with Gasteiger partial charge in [-0.05, 0) is 51.0 Å². The smallest absolute Gasteiger partial charge is 0.310 e. The molecular weight excluding hydrogens is 466 g/mol. The maximum Gasteiger partial charge on any atom is 0.310 e. The highest BCUT2D eigenvalue weighted by Gasteiger charge is 2.30. The number of hydrogen-bond acceptors (Lipinski definition) is 8. The van der Waals surface area contributed by atoms with Crippen molar-refractivity contribution >= 4 is 29.2 Å². The summed E-state index contributed by atoms with van der Waals surface area (Å²) in [7, 11) is 1.47. The van der Waals surface area contributed by atoms with Crippen molar-refractivity contribution in [1.29, 1.82) is 0 Å². The summed E-state index contributed by atoms with van der Waals surface area (Å²) >= 11 is 0. The number of anilines is 1. The number of likely N-dealkylation sites (tertiary alicyclic amines) is 1. The number of ether oxygens (including phenoxy) is 1. The maximum absolute atomic E-state index is 13.0. The van der Waals surface area contributed by atoms with E-state index >= 15 is 0 Å². The van der Waals surface area contributed by atoms with Crippen LogP contribution in [0.25, 0.3) is 0 Å². The van der Waals surface area contributed by atoms with Gasteiger partial charge in [0.05, 0.1) is 35.7 Å². The molecule has 2 unspecified atom stereocenters. The van der Waals surface area contributed by atoms with E-state index in [4.69, 9.17) is 4.74 Å². The average Bonchev–Trinajstić information content (AvgIpc) is 2.89. The topological polar surface area (TPSA) is 135 Å². The van der Waals surface area contributed by atoms with Crippen molar-refractivity contribution < 1.29 is 24.0 Å². The van der Waals surface area contributed by atoms with Crippen LogP contribution in [0.3, 0.4) is 0 Å². The van der Waals surface area contributed by atoms with E-state index in [1.165, 1.54) is 30.1 Å². The van der Waals surface area contributed by atoms with E-state index in [9.17, 15) is 24.5 Å². The third kappa shape index (κ3) is 6.55. The van der Waals surface area contributed by atoms with Crippen molar-refractivity contribution in [2.24, 2.45) is 5.92 Å². The number of pyridine rings is 1. The van der Waals surface area contributed by atoms with Crippen molar-refractivity contribution in [3.63, 3.8) is 0 Å². The lowest BCUT2D eigenvalue weighted by Crippen LogP contribution is -2.47. The van der Waals surface area contributed by atoms with Crippen LogP contribution in [0.15, 0.2) is 42.6 Å². The molecule has 0 aliphatic carbocycles. The lowest BCUT2D eigenvalue weighted by atomic mass is 9.98. The largest absolute Gasteiger partial charge is 0.466 e. The molecule has 3 rings (SSSR count). The Morgan fingerprint density at radius 2 is 2.08 bits per heavy atom. The molecule has 1 N–H and O–H groups in total. The summed E-state index contributed by atoms with van der Waals surface area (Å²) in [6, 6.07) is 9.30. The van der Waals surface area contributed by atoms with E-state index in [0.717, 1.165) is 0 Å². The summed E-state index contributed by atoms with van der Waals surface area (Å²) in [5, 5.41) is 14.8. The van der Waals surface area contributed by atoms with Crippen LogP contribution in [-0.2, 0) is 14.3 Å². The minimum absolute atomic E-state index is 0.0936. The molecule has 2 amide bonds. The third-order valence-corrected chi connectivity index (χ3v) is 6.06. The van der Waals surface area contributed by atoms with Crippen molar-refractivity contribution in [3.8, 4) is 0 Å². The van der Waals surface area contributed by atoms with Crippen molar-refractivity contribution in [1.82, 2.24) is 14.8 Å². The summed E-state index contributed by atoms with van der Waals surface area (Å²) in [6.45, 7) is 4.38. The van der Waals surface area contributed by atoms with Crippen LogP contribution in [-0.4, -0.2) is 70.8 Å². The van der Waals surface area contributed by atoms with Gasteiger partial charge in [0.1, 0.15) is 5.69 Å². The number of esters is 1. The quantitative estimate of drug-likeness (QED) is 0.317. The number of nitrogens with one attached hydrogen (secondary N) is 1. The fourth-order valence-electron chi connectivity index (χ4n) is 4.13. The van der Waals surface area contributed by atoms with E-state index < -0.39 is 10.8 Å². The zero-order valence-corrected chi connectivity index (χ0v) is 20.7. The first-order valence-corrected chi connectivity index (χ1v) is 11.9. The van der Waals surface area contributed by atoms with Crippen LogP contribution < -0.4 is 5.32 Å². The van der Waals surface area contributed by atoms with E-state index in [1.807, 2.05) is 19.1 Å². The zero-order chi connectivity index (χ0) is 26.2. The van der Waals surface area contributed by atoms with Gasteiger partial charge in [-0.1, -0.05) is 6.07 Å². The Morgan fingerprint density at radius 1 is 1.31 bits per heavy atom. The van der Waals surface area contributed by atoms with Crippen LogP contribution in [0.1, 0.15) is 48.8 Å². The Morgan fingerprint density at radius 3 is 2.75 bits per heavy atom. The number of nitro benzene ring substituents is 1. The minimum atomic E-state index is -0.557. The van der Waals surface area contributed by atoms with E-state index in [1.54, 1.807) is 24.1 Å². The number of benzene rings is 1. The SMILES string of the molecule is CCOC(=O)C1CCCN(C(=O)CN(C)C(=O)c2ccc(NC(C)c3ccccn3)c([N+](=O)[O-])c2)C1. The molecule has 2 atom stereocenters. The molecule has 2 heterocycles. The van der Waals surface area contributed by atoms with Gasteiger partial charge in [-0.3, -0.25) is 29.5 Å². The van der Waals surface area contributed by atoms with Crippen LogP contribution >= 0.6 is 0 Å². The van der Waals surface area contributed by atoms with Gasteiger partial charge in [0.25, 0.3) is 11.6 Å². The number of carbonyl (C=O) groups excluding carboxylic acids is 3. The highest BCUT2D eigenvalue weighted by molar-refractivity contribution is 5.97. The number of rotatable bonds is 9. The number of amides is 2. The lowest BCUT2D eigenvalue weighted by Gasteiger charge is -2.32. The maximum atomic E-state index is 13.0. The van der Waals surface area contributed by atoms with E-state index in [-0.39, 0.29) is 60.5 Å². The van der Waals surface area contributed by atoms with Crippen LogP contribution in [0.4, 0.5) is 11.4 Å². The van der Waals surface area contributed by atoms with Gasteiger partial charge in [-0.2, -0.15) is 0 Å². The van der Waals surface area contributed by atoms with Gasteiger partial charge < -0.3 is 19.9 Å². The molecule has 1 aromatic carbocycles. The summed E-state index contributed by atoms with van der Waals surface area (Å²) in [5.41, 5.74) is 0.813. The second kappa shape index (κ2) is 12.1. The first-order valence-electron chi connectivity index (χ1n) is 11.9. The number of carbonyl (C=O) groups is 3. The normalized spacial score (nSPS) is 16.1. The van der Waals surface area contributed by atoms with Gasteiger partial charge >= 0.3 is 5.97 Å². The molecule has 36 heavy (non-hydrogen) atoms. The Hall–Kier alpha value is -4.02. The zero-order valence-electron chi connectivity index (χ0n) is 20.7. The minimum Gasteiger partial charge on any atom is -0.466 e. The van der Waals surface area contributed by atoms with Gasteiger partial charge in [0.15, 0.2) is 0 Å². The van der Waals surface area contributed by atoms with Gasteiger partial charge in [0, 0.05) is 38.0 Å². The molecule has 0 saturated carbocycles. The number of hydrogen-bond donors (Lipinski definition) is 1. The molecule has 1 aromatic heterocycles. The molecule has 0 spiro atoms. The Balaban J connectivity index is 1.67. The van der Waals surface area contributed by atoms with Crippen molar-refractivity contribution in [3.05, 3.63) is 64.0 Å². The highest BCUT2D eigenvalue weighted by Crippen LogP contribution is 2.29. The number of piperidine rings is 1. The number of likely N-dealkylation sites (N-methyl/N-ethyl adjacent to an activating group) is 1. The lowest BCUT2D eigenvalue weighted by molar-refractivity contribution is -0.384. The summed E-state index contributed by atoms with van der Waals surface area (Å²) in [4.78, 5) is 56.0. The molecule has 11 heteroatoms. The van der Waals surface area contributed by atoms with Crippen LogP contribution in [0, 0.1) is 16.0 Å². The van der Waals surface area contributed by atoms with E-state index in [2.05, 4.69) is 10.3 Å². The predicted octanol–water partition coefficient (Wildman–Crippen LogP) is 3.04. The second-order valence-corrected chi connectivity index (χ2v) is 8.70. The molecule has 1 fully saturated rings. The average molecular weight is 498 g/mol. The standard InChI is InChI=1S/C25H31N5O6/c1-4-36-25(33)19-8-7-13-29(15-19)23(31)16-28(3)24(32)18-10-11-21(22(14-18)30(34)35)27-17(2)20-9-5-6-12-26-20/h5-6,9-12,14,17,19,27H,4,7-8,13,15-16H2,1-3H3. The molecule has 1 saturated heterocycles. The van der Waals surface area contributed by atoms with Crippen LogP contribution in [0.2, 0.25) is 0 Å². The Bertz CT molecular complexity index is 1110. The third-order valence-electron chi connectivity index (χ3n) is 6.06. The summed E-state index contributed by atoms with van der Waals surface area (Å²) in [5.74, 6) is -1.51. The van der Waals surface area contributed by atoms with Gasteiger partial charge in [0.2, 0.25) is 5.91 Å². The fourth-order valence-corrected chi connectivity index (χ4v) is 4.13. The number of nitro groups is 1. The Labute approximate surface area is 209 Å². The molecule has 11 nitrogen and oxygen atoms in total. The molecule has 0 radical (unpaired) electrons. The molecule has 1 aliphatic rings.